The lowest BCUT2D eigenvalue weighted by atomic mass is 10.1. The Labute approximate surface area is 91.7 Å². The minimum absolute atomic E-state index is 0.223. The van der Waals surface area contributed by atoms with Crippen LogP contribution in [0.1, 0.15) is 12.5 Å². The van der Waals surface area contributed by atoms with E-state index in [0.29, 0.717) is 0 Å². The standard InChI is InChI=1S/C11H10F2N2O/c1-6-3-4-8(12)10(9(6)13)15-11(16)7(2)5-14/h3-4,7H,1-2H3,(H,15,16). The van der Waals surface area contributed by atoms with E-state index >= 15 is 0 Å². The molecule has 16 heavy (non-hydrogen) atoms. The summed E-state index contributed by atoms with van der Waals surface area (Å²) in [4.78, 5) is 11.3. The van der Waals surface area contributed by atoms with E-state index in [4.69, 9.17) is 5.26 Å². The first-order chi connectivity index (χ1) is 7.47. The van der Waals surface area contributed by atoms with Crippen LogP contribution in [0.2, 0.25) is 0 Å². The van der Waals surface area contributed by atoms with Gasteiger partial charge in [0, 0.05) is 0 Å². The smallest absolute Gasteiger partial charge is 0.241 e. The van der Waals surface area contributed by atoms with Gasteiger partial charge in [0.05, 0.1) is 6.07 Å². The number of carbonyl (C=O) groups excluding carboxylic acids is 1. The number of nitriles is 1. The molecule has 0 aliphatic heterocycles. The van der Waals surface area contributed by atoms with Crippen LogP contribution in [0.5, 0.6) is 0 Å². The zero-order valence-electron chi connectivity index (χ0n) is 8.84. The Kier molecular flexibility index (Phi) is 3.56. The lowest BCUT2D eigenvalue weighted by molar-refractivity contribution is -0.118. The minimum Gasteiger partial charge on any atom is -0.320 e. The number of halogens is 2. The highest BCUT2D eigenvalue weighted by Crippen LogP contribution is 2.22. The SMILES string of the molecule is Cc1ccc(F)c(NC(=O)C(C)C#N)c1F. The van der Waals surface area contributed by atoms with Crippen molar-refractivity contribution in [2.45, 2.75) is 13.8 Å². The molecule has 5 heteroatoms. The fourth-order valence-corrected chi connectivity index (χ4v) is 1.06. The maximum Gasteiger partial charge on any atom is 0.241 e. The first-order valence-electron chi connectivity index (χ1n) is 4.62. The molecule has 0 aromatic heterocycles. The first kappa shape index (κ1) is 12.1. The Bertz CT molecular complexity index is 466. The molecule has 1 atom stereocenters. The molecule has 1 aromatic carbocycles. The molecule has 1 rings (SSSR count). The summed E-state index contributed by atoms with van der Waals surface area (Å²) in [5, 5.41) is 10.5. The number of aryl methyl sites for hydroxylation is 1. The fraction of sp³-hybridized carbons (Fsp3) is 0.273. The zero-order chi connectivity index (χ0) is 12.3. The molecule has 0 aliphatic rings. The molecule has 0 saturated carbocycles. The number of benzene rings is 1. The summed E-state index contributed by atoms with van der Waals surface area (Å²) in [7, 11) is 0. The summed E-state index contributed by atoms with van der Waals surface area (Å²) >= 11 is 0. The molecule has 0 saturated heterocycles. The van der Waals surface area contributed by atoms with Gasteiger partial charge in [-0.3, -0.25) is 4.79 Å². The second-order valence-electron chi connectivity index (χ2n) is 3.39. The Morgan fingerprint density at radius 3 is 2.69 bits per heavy atom. The molecule has 1 amide bonds. The molecule has 0 heterocycles. The molecule has 1 N–H and O–H groups in total. The predicted molar refractivity (Wildman–Crippen MR) is 54.5 cm³/mol. The number of nitrogens with zero attached hydrogens (tertiary/aromatic N) is 1. The van der Waals surface area contributed by atoms with E-state index in [1.54, 1.807) is 6.07 Å². The van der Waals surface area contributed by atoms with Crippen molar-refractivity contribution in [2.75, 3.05) is 5.32 Å². The monoisotopic (exact) mass is 224 g/mol. The van der Waals surface area contributed by atoms with E-state index in [-0.39, 0.29) is 5.56 Å². The van der Waals surface area contributed by atoms with Crippen LogP contribution in [0.25, 0.3) is 0 Å². The predicted octanol–water partition coefficient (Wildman–Crippen LogP) is 2.37. The first-order valence-corrected chi connectivity index (χ1v) is 4.62. The summed E-state index contributed by atoms with van der Waals surface area (Å²) in [6.07, 6.45) is 0. The van der Waals surface area contributed by atoms with Crippen LogP contribution < -0.4 is 5.32 Å². The van der Waals surface area contributed by atoms with Crippen LogP contribution in [0, 0.1) is 35.8 Å². The molecule has 0 fully saturated rings. The van der Waals surface area contributed by atoms with Crippen LogP contribution in [-0.2, 0) is 4.79 Å². The Morgan fingerprint density at radius 1 is 1.50 bits per heavy atom. The molecule has 3 nitrogen and oxygen atoms in total. The summed E-state index contributed by atoms with van der Waals surface area (Å²) in [5.41, 5.74) is -0.284. The van der Waals surface area contributed by atoms with Gasteiger partial charge in [-0.05, 0) is 25.5 Å². The van der Waals surface area contributed by atoms with Gasteiger partial charge in [0.1, 0.15) is 17.4 Å². The van der Waals surface area contributed by atoms with Crippen LogP contribution in [0.3, 0.4) is 0 Å². The topological polar surface area (TPSA) is 52.9 Å². The zero-order valence-corrected chi connectivity index (χ0v) is 8.84. The van der Waals surface area contributed by atoms with Gasteiger partial charge >= 0.3 is 0 Å². The van der Waals surface area contributed by atoms with Gasteiger partial charge in [0.15, 0.2) is 5.82 Å². The highest BCUT2D eigenvalue weighted by Gasteiger charge is 2.17. The summed E-state index contributed by atoms with van der Waals surface area (Å²) in [5.74, 6) is -3.37. The number of amides is 1. The van der Waals surface area contributed by atoms with Crippen molar-refractivity contribution in [2.24, 2.45) is 5.92 Å². The van der Waals surface area contributed by atoms with Gasteiger partial charge in [0.2, 0.25) is 5.91 Å². The number of hydrogen-bond donors (Lipinski definition) is 1. The van der Waals surface area contributed by atoms with Gasteiger partial charge in [0.25, 0.3) is 0 Å². The van der Waals surface area contributed by atoms with Crippen molar-refractivity contribution in [1.82, 2.24) is 0 Å². The third-order valence-corrected chi connectivity index (χ3v) is 2.12. The molecule has 0 aliphatic carbocycles. The Balaban J connectivity index is 3.03. The molecule has 84 valence electrons. The van der Waals surface area contributed by atoms with Gasteiger partial charge in [-0.1, -0.05) is 6.07 Å². The van der Waals surface area contributed by atoms with E-state index in [1.807, 2.05) is 0 Å². The van der Waals surface area contributed by atoms with Crippen LogP contribution in [0.4, 0.5) is 14.5 Å². The third kappa shape index (κ3) is 2.34. The lowest BCUT2D eigenvalue weighted by Crippen LogP contribution is -2.20. The maximum atomic E-state index is 13.5. The molecule has 0 spiro atoms. The molecule has 1 unspecified atom stereocenters. The number of carbonyl (C=O) groups is 1. The molecule has 0 radical (unpaired) electrons. The minimum atomic E-state index is -0.959. The molecular formula is C11H10F2N2O. The van der Waals surface area contributed by atoms with Crippen LogP contribution >= 0.6 is 0 Å². The van der Waals surface area contributed by atoms with Crippen molar-refractivity contribution in [3.63, 3.8) is 0 Å². The molecular weight excluding hydrogens is 214 g/mol. The van der Waals surface area contributed by atoms with E-state index in [9.17, 15) is 13.6 Å². The third-order valence-electron chi connectivity index (χ3n) is 2.12. The quantitative estimate of drug-likeness (QED) is 0.838. The van der Waals surface area contributed by atoms with Crippen molar-refractivity contribution < 1.29 is 13.6 Å². The lowest BCUT2D eigenvalue weighted by Gasteiger charge is -2.09. The van der Waals surface area contributed by atoms with Gasteiger partial charge in [-0.25, -0.2) is 8.78 Å². The number of hydrogen-bond acceptors (Lipinski definition) is 2. The van der Waals surface area contributed by atoms with E-state index < -0.39 is 29.1 Å². The van der Waals surface area contributed by atoms with Crippen LogP contribution in [-0.4, -0.2) is 5.91 Å². The Hall–Kier alpha value is -1.96. The summed E-state index contributed by atoms with van der Waals surface area (Å²) in [6, 6.07) is 4.01. The average molecular weight is 224 g/mol. The maximum absolute atomic E-state index is 13.5. The normalized spacial score (nSPS) is 11.7. The van der Waals surface area contributed by atoms with Gasteiger partial charge in [-0.2, -0.15) is 5.26 Å². The largest absolute Gasteiger partial charge is 0.320 e. The highest BCUT2D eigenvalue weighted by atomic mass is 19.1. The number of rotatable bonds is 2. The second kappa shape index (κ2) is 4.71. The van der Waals surface area contributed by atoms with Gasteiger partial charge < -0.3 is 5.32 Å². The van der Waals surface area contributed by atoms with Crippen molar-refractivity contribution >= 4 is 11.6 Å². The van der Waals surface area contributed by atoms with Crippen molar-refractivity contribution in [1.29, 1.82) is 5.26 Å². The average Bonchev–Trinajstić information content (AvgIpc) is 2.28. The van der Waals surface area contributed by atoms with Crippen molar-refractivity contribution in [3.8, 4) is 6.07 Å². The second-order valence-corrected chi connectivity index (χ2v) is 3.39. The van der Waals surface area contributed by atoms with Crippen molar-refractivity contribution in [3.05, 3.63) is 29.3 Å². The fourth-order valence-electron chi connectivity index (χ4n) is 1.06. The number of anilines is 1. The summed E-state index contributed by atoms with van der Waals surface area (Å²) in [6.45, 7) is 2.80. The molecule has 1 aromatic rings. The summed E-state index contributed by atoms with van der Waals surface area (Å²) < 4.78 is 26.7. The Morgan fingerprint density at radius 2 is 2.12 bits per heavy atom. The van der Waals surface area contributed by atoms with Gasteiger partial charge in [-0.15, -0.1) is 0 Å². The van der Waals surface area contributed by atoms with E-state index in [1.165, 1.54) is 19.9 Å². The molecule has 0 bridgehead atoms. The van der Waals surface area contributed by atoms with E-state index in [2.05, 4.69) is 5.32 Å². The number of nitrogens with one attached hydrogen (secondary N) is 1. The van der Waals surface area contributed by atoms with E-state index in [0.717, 1.165) is 6.07 Å². The van der Waals surface area contributed by atoms with Crippen LogP contribution in [0.15, 0.2) is 12.1 Å². The highest BCUT2D eigenvalue weighted by molar-refractivity contribution is 5.94.